The molecule has 0 heterocycles. The topological polar surface area (TPSA) is 55.1 Å². The van der Waals surface area contributed by atoms with Crippen molar-refractivity contribution in [3.63, 3.8) is 0 Å². The van der Waals surface area contributed by atoms with E-state index in [0.717, 1.165) is 5.56 Å². The van der Waals surface area contributed by atoms with Crippen molar-refractivity contribution in [1.82, 2.24) is 5.32 Å². The zero-order valence-electron chi connectivity index (χ0n) is 10.3. The molecule has 0 aliphatic heterocycles. The second kappa shape index (κ2) is 6.00. The van der Waals surface area contributed by atoms with E-state index in [2.05, 4.69) is 11.4 Å². The molecule has 1 radical (unpaired) electrons. The van der Waals surface area contributed by atoms with Crippen molar-refractivity contribution in [1.29, 1.82) is 0 Å². The number of carbonyl (C=O) groups is 1. The fourth-order valence-corrected chi connectivity index (χ4v) is 1.76. The standard InChI is InChI=1S/C15H14FN2O/c16-9-12-4-1-2-5-13(12)10-18-15(19)11-6-3-7-14(17)8-11/h1-2,4-8H,9-10,17H2,(H,18,19). The second-order valence-corrected chi connectivity index (χ2v) is 4.14. The number of rotatable bonds is 4. The van der Waals surface area contributed by atoms with E-state index in [0.29, 0.717) is 16.8 Å². The first-order valence-electron chi connectivity index (χ1n) is 5.88. The first kappa shape index (κ1) is 13.1. The summed E-state index contributed by atoms with van der Waals surface area (Å²) in [6.45, 7) is -0.258. The Morgan fingerprint density at radius 2 is 2.00 bits per heavy atom. The Kier molecular flexibility index (Phi) is 4.13. The summed E-state index contributed by atoms with van der Waals surface area (Å²) in [6, 6.07) is 14.6. The summed E-state index contributed by atoms with van der Waals surface area (Å²) in [5, 5.41) is 2.74. The molecule has 19 heavy (non-hydrogen) atoms. The van der Waals surface area contributed by atoms with Gasteiger partial charge in [0, 0.05) is 17.8 Å². The van der Waals surface area contributed by atoms with Gasteiger partial charge in [-0.1, -0.05) is 24.3 Å². The molecule has 1 amide bonds. The highest BCUT2D eigenvalue weighted by atomic mass is 19.1. The Hall–Kier alpha value is -2.36. The highest BCUT2D eigenvalue weighted by Crippen LogP contribution is 2.11. The van der Waals surface area contributed by atoms with E-state index in [1.54, 1.807) is 36.4 Å². The molecule has 0 saturated heterocycles. The molecule has 4 heteroatoms. The third-order valence-corrected chi connectivity index (χ3v) is 2.77. The summed E-state index contributed by atoms with van der Waals surface area (Å²) in [4.78, 5) is 11.9. The number of hydrogen-bond acceptors (Lipinski definition) is 2. The quantitative estimate of drug-likeness (QED) is 0.827. The van der Waals surface area contributed by atoms with Crippen LogP contribution in [0.15, 0.2) is 42.5 Å². The molecule has 97 valence electrons. The number of nitrogens with one attached hydrogen (secondary N) is 1. The van der Waals surface area contributed by atoms with Gasteiger partial charge < -0.3 is 11.1 Å². The smallest absolute Gasteiger partial charge is 0.251 e. The molecule has 0 spiro atoms. The van der Waals surface area contributed by atoms with Gasteiger partial charge in [-0.25, -0.2) is 4.39 Å². The molecule has 0 atom stereocenters. The van der Waals surface area contributed by atoms with E-state index in [4.69, 9.17) is 5.73 Å². The average molecular weight is 257 g/mol. The fourth-order valence-electron chi connectivity index (χ4n) is 1.76. The van der Waals surface area contributed by atoms with Gasteiger partial charge in [-0.2, -0.15) is 0 Å². The summed E-state index contributed by atoms with van der Waals surface area (Å²) in [5.74, 6) is -0.253. The van der Waals surface area contributed by atoms with Crippen molar-refractivity contribution in [2.45, 2.75) is 13.2 Å². The van der Waals surface area contributed by atoms with Gasteiger partial charge in [0.1, 0.15) is 6.67 Å². The molecule has 2 aromatic carbocycles. The summed E-state index contributed by atoms with van der Waals surface area (Å²) in [6.07, 6.45) is 0. The summed E-state index contributed by atoms with van der Waals surface area (Å²) in [7, 11) is 0. The summed E-state index contributed by atoms with van der Waals surface area (Å²) in [5.41, 5.74) is 7.87. The van der Waals surface area contributed by atoms with Gasteiger partial charge in [-0.05, 0) is 35.4 Å². The van der Waals surface area contributed by atoms with Crippen LogP contribution >= 0.6 is 0 Å². The molecule has 2 aromatic rings. The largest absolute Gasteiger partial charge is 0.399 e. The van der Waals surface area contributed by atoms with Gasteiger partial charge in [-0.3, -0.25) is 4.79 Å². The van der Waals surface area contributed by atoms with Crippen LogP contribution in [0.1, 0.15) is 21.5 Å². The molecule has 0 aromatic heterocycles. The van der Waals surface area contributed by atoms with Crippen molar-refractivity contribution in [3.05, 3.63) is 65.2 Å². The molecule has 0 bridgehead atoms. The average Bonchev–Trinajstić information content (AvgIpc) is 2.45. The lowest BCUT2D eigenvalue weighted by Crippen LogP contribution is -2.23. The summed E-state index contributed by atoms with van der Waals surface area (Å²) < 4.78 is 12.8. The van der Waals surface area contributed by atoms with Crippen molar-refractivity contribution in [2.75, 3.05) is 5.73 Å². The van der Waals surface area contributed by atoms with Crippen LogP contribution in [-0.4, -0.2) is 5.91 Å². The molecule has 0 aliphatic carbocycles. The number of nitrogens with two attached hydrogens (primary N) is 1. The number of halogens is 1. The van der Waals surface area contributed by atoms with Crippen LogP contribution < -0.4 is 11.1 Å². The van der Waals surface area contributed by atoms with Crippen LogP contribution in [0.4, 0.5) is 10.1 Å². The normalized spacial score (nSPS) is 10.2. The molecule has 0 fully saturated rings. The maximum Gasteiger partial charge on any atom is 0.251 e. The Balaban J connectivity index is 2.04. The molecule has 3 N–H and O–H groups in total. The van der Waals surface area contributed by atoms with Gasteiger partial charge >= 0.3 is 0 Å². The predicted octanol–water partition coefficient (Wildman–Crippen LogP) is 2.47. The third kappa shape index (κ3) is 3.31. The van der Waals surface area contributed by atoms with Gasteiger partial charge in [0.05, 0.1) is 0 Å². The minimum absolute atomic E-state index is 0.253. The van der Waals surface area contributed by atoms with E-state index in [9.17, 15) is 9.18 Å². The highest BCUT2D eigenvalue weighted by molar-refractivity contribution is 5.94. The second-order valence-electron chi connectivity index (χ2n) is 4.14. The SMILES string of the molecule is Nc1c[c]cc(C(=O)NCc2ccccc2CF)c1. The zero-order valence-corrected chi connectivity index (χ0v) is 10.3. The van der Waals surface area contributed by atoms with Gasteiger partial charge in [-0.15, -0.1) is 0 Å². The molecular weight excluding hydrogens is 243 g/mol. The Morgan fingerprint density at radius 3 is 2.68 bits per heavy atom. The molecule has 0 saturated carbocycles. The molecular formula is C15H14FN2O. The number of anilines is 1. The van der Waals surface area contributed by atoms with E-state index in [-0.39, 0.29) is 12.5 Å². The van der Waals surface area contributed by atoms with E-state index < -0.39 is 6.67 Å². The van der Waals surface area contributed by atoms with Crippen molar-refractivity contribution >= 4 is 11.6 Å². The van der Waals surface area contributed by atoms with E-state index in [1.807, 2.05) is 6.07 Å². The lowest BCUT2D eigenvalue weighted by atomic mass is 10.1. The molecule has 2 rings (SSSR count). The fraction of sp³-hybridized carbons (Fsp3) is 0.133. The monoisotopic (exact) mass is 257 g/mol. The Morgan fingerprint density at radius 1 is 1.26 bits per heavy atom. The lowest BCUT2D eigenvalue weighted by molar-refractivity contribution is 0.0951. The van der Waals surface area contributed by atoms with Crippen LogP contribution in [0.25, 0.3) is 0 Å². The number of nitrogen functional groups attached to an aromatic ring is 1. The number of carbonyl (C=O) groups excluding carboxylic acids is 1. The zero-order chi connectivity index (χ0) is 13.7. The maximum absolute atomic E-state index is 12.8. The number of hydrogen-bond donors (Lipinski definition) is 2. The third-order valence-electron chi connectivity index (χ3n) is 2.77. The van der Waals surface area contributed by atoms with Crippen molar-refractivity contribution in [2.24, 2.45) is 0 Å². The van der Waals surface area contributed by atoms with Crippen LogP contribution in [0.5, 0.6) is 0 Å². The Bertz CT molecular complexity index is 584. The number of benzene rings is 2. The van der Waals surface area contributed by atoms with Crippen LogP contribution in [0.2, 0.25) is 0 Å². The van der Waals surface area contributed by atoms with Crippen LogP contribution in [0, 0.1) is 6.07 Å². The molecule has 3 nitrogen and oxygen atoms in total. The summed E-state index contributed by atoms with van der Waals surface area (Å²) >= 11 is 0. The number of amides is 1. The minimum Gasteiger partial charge on any atom is -0.399 e. The Labute approximate surface area is 111 Å². The predicted molar refractivity (Wildman–Crippen MR) is 72.1 cm³/mol. The molecule has 0 unspecified atom stereocenters. The van der Waals surface area contributed by atoms with Crippen molar-refractivity contribution < 1.29 is 9.18 Å². The maximum atomic E-state index is 12.8. The van der Waals surface area contributed by atoms with Gasteiger partial charge in [0.15, 0.2) is 0 Å². The van der Waals surface area contributed by atoms with Crippen LogP contribution in [-0.2, 0) is 13.2 Å². The van der Waals surface area contributed by atoms with Gasteiger partial charge in [0.25, 0.3) is 5.91 Å². The first-order valence-corrected chi connectivity index (χ1v) is 5.88. The van der Waals surface area contributed by atoms with E-state index >= 15 is 0 Å². The lowest BCUT2D eigenvalue weighted by Gasteiger charge is -2.08. The van der Waals surface area contributed by atoms with Crippen LogP contribution in [0.3, 0.4) is 0 Å². The highest BCUT2D eigenvalue weighted by Gasteiger charge is 2.07. The molecule has 0 aliphatic rings. The first-order chi connectivity index (χ1) is 9.20. The van der Waals surface area contributed by atoms with Gasteiger partial charge in [0.2, 0.25) is 0 Å². The van der Waals surface area contributed by atoms with E-state index in [1.165, 1.54) is 0 Å². The van der Waals surface area contributed by atoms with Crippen molar-refractivity contribution in [3.8, 4) is 0 Å². The minimum atomic E-state index is -0.544. The number of alkyl halides is 1.